The maximum atomic E-state index is 14.9. The van der Waals surface area contributed by atoms with Gasteiger partial charge in [-0.1, -0.05) is 42.0 Å². The highest BCUT2D eigenvalue weighted by molar-refractivity contribution is 8.01. The SMILES string of the molecule is Cc1cccc(SC(C)(C)C(=O)N2CC3CN(C(=O)c4cc(Cc5n[nH]c(=O)c6ccccc56)ccc4F)CC3C2)c1. The van der Waals surface area contributed by atoms with E-state index in [0.29, 0.717) is 43.7 Å². The summed E-state index contributed by atoms with van der Waals surface area (Å²) in [6.45, 7) is 8.15. The number of halogens is 1. The molecule has 6 rings (SSSR count). The van der Waals surface area contributed by atoms with Gasteiger partial charge in [0.15, 0.2) is 0 Å². The fourth-order valence-corrected chi connectivity index (χ4v) is 7.44. The van der Waals surface area contributed by atoms with Crippen LogP contribution in [0.25, 0.3) is 10.8 Å². The number of thioether (sulfide) groups is 1. The van der Waals surface area contributed by atoms with Crippen LogP contribution in [0.2, 0.25) is 0 Å². The smallest absolute Gasteiger partial charge is 0.272 e. The fraction of sp³-hybridized carbons (Fsp3) is 0.333. The van der Waals surface area contributed by atoms with Crippen molar-refractivity contribution in [2.75, 3.05) is 26.2 Å². The van der Waals surface area contributed by atoms with Crippen molar-refractivity contribution in [2.45, 2.75) is 36.8 Å². The van der Waals surface area contributed by atoms with E-state index < -0.39 is 10.6 Å². The van der Waals surface area contributed by atoms with E-state index in [-0.39, 0.29) is 34.8 Å². The van der Waals surface area contributed by atoms with E-state index in [1.165, 1.54) is 6.07 Å². The molecule has 9 heteroatoms. The lowest BCUT2D eigenvalue weighted by Gasteiger charge is -2.30. The summed E-state index contributed by atoms with van der Waals surface area (Å²) in [4.78, 5) is 43.9. The Morgan fingerprint density at radius 2 is 1.64 bits per heavy atom. The summed E-state index contributed by atoms with van der Waals surface area (Å²) in [5.74, 6) is -0.465. The minimum atomic E-state index is -0.614. The molecule has 0 radical (unpaired) electrons. The summed E-state index contributed by atoms with van der Waals surface area (Å²) in [5, 5.41) is 8.01. The minimum absolute atomic E-state index is 0.0322. The minimum Gasteiger partial charge on any atom is -0.341 e. The molecular formula is C33H33FN4O3S. The van der Waals surface area contributed by atoms with Gasteiger partial charge in [0.25, 0.3) is 11.5 Å². The molecule has 3 heterocycles. The maximum Gasteiger partial charge on any atom is 0.272 e. The molecule has 2 aliphatic heterocycles. The molecule has 3 aromatic carbocycles. The van der Waals surface area contributed by atoms with Crippen LogP contribution < -0.4 is 5.56 Å². The van der Waals surface area contributed by atoms with Crippen LogP contribution in [0.3, 0.4) is 0 Å². The molecule has 2 amide bonds. The third kappa shape index (κ3) is 5.45. The number of aryl methyl sites for hydroxylation is 1. The summed E-state index contributed by atoms with van der Waals surface area (Å²) in [7, 11) is 0. The van der Waals surface area contributed by atoms with Crippen molar-refractivity contribution in [1.82, 2.24) is 20.0 Å². The van der Waals surface area contributed by atoms with Crippen LogP contribution >= 0.6 is 11.8 Å². The van der Waals surface area contributed by atoms with Gasteiger partial charge >= 0.3 is 0 Å². The third-order valence-corrected chi connectivity index (χ3v) is 9.52. The first-order chi connectivity index (χ1) is 20.1. The van der Waals surface area contributed by atoms with Crippen LogP contribution in [0.5, 0.6) is 0 Å². The number of carbonyl (C=O) groups excluding carboxylic acids is 2. The molecule has 2 aliphatic rings. The van der Waals surface area contributed by atoms with E-state index in [0.717, 1.165) is 21.4 Å². The van der Waals surface area contributed by atoms with Gasteiger partial charge in [0.1, 0.15) is 5.82 Å². The van der Waals surface area contributed by atoms with Gasteiger partial charge in [-0.15, -0.1) is 11.8 Å². The number of benzene rings is 3. The van der Waals surface area contributed by atoms with Gasteiger partial charge in [-0.2, -0.15) is 5.10 Å². The molecule has 1 N–H and O–H groups in total. The topological polar surface area (TPSA) is 86.4 Å². The Bertz CT molecular complexity index is 1740. The first-order valence-electron chi connectivity index (χ1n) is 14.2. The number of hydrogen-bond donors (Lipinski definition) is 1. The molecule has 2 atom stereocenters. The Morgan fingerprint density at radius 1 is 0.952 bits per heavy atom. The molecule has 0 bridgehead atoms. The predicted octanol–water partition coefficient (Wildman–Crippen LogP) is 5.06. The highest BCUT2D eigenvalue weighted by atomic mass is 32.2. The number of nitrogens with one attached hydrogen (secondary N) is 1. The summed E-state index contributed by atoms with van der Waals surface area (Å²) >= 11 is 1.57. The van der Waals surface area contributed by atoms with E-state index in [4.69, 9.17) is 0 Å². The van der Waals surface area contributed by atoms with Crippen LogP contribution in [0, 0.1) is 24.6 Å². The van der Waals surface area contributed by atoms with Crippen molar-refractivity contribution in [3.05, 3.63) is 105 Å². The number of rotatable bonds is 6. The summed E-state index contributed by atoms with van der Waals surface area (Å²) < 4.78 is 14.3. The molecule has 0 spiro atoms. The normalized spacial score (nSPS) is 18.5. The zero-order chi connectivity index (χ0) is 29.6. The second-order valence-corrected chi connectivity index (χ2v) is 13.6. The second kappa shape index (κ2) is 11.0. The van der Waals surface area contributed by atoms with Gasteiger partial charge in [-0.05, 0) is 56.7 Å². The van der Waals surface area contributed by atoms with E-state index in [9.17, 15) is 18.8 Å². The van der Waals surface area contributed by atoms with Gasteiger partial charge in [0.2, 0.25) is 5.91 Å². The third-order valence-electron chi connectivity index (χ3n) is 8.35. The Morgan fingerprint density at radius 3 is 2.36 bits per heavy atom. The predicted molar refractivity (Wildman–Crippen MR) is 162 cm³/mol. The van der Waals surface area contributed by atoms with E-state index >= 15 is 0 Å². The van der Waals surface area contributed by atoms with Gasteiger partial charge < -0.3 is 9.80 Å². The number of carbonyl (C=O) groups is 2. The Labute approximate surface area is 248 Å². The first kappa shape index (κ1) is 28.2. The van der Waals surface area contributed by atoms with Crippen molar-refractivity contribution in [3.63, 3.8) is 0 Å². The van der Waals surface area contributed by atoms with Crippen LogP contribution in [-0.2, 0) is 11.2 Å². The molecule has 7 nitrogen and oxygen atoms in total. The highest BCUT2D eigenvalue weighted by Gasteiger charge is 2.46. The number of amides is 2. The lowest BCUT2D eigenvalue weighted by Crippen LogP contribution is -2.43. The number of fused-ring (bicyclic) bond motifs is 2. The Kier molecular flexibility index (Phi) is 7.39. The molecule has 0 saturated carbocycles. The average molecular weight is 585 g/mol. The van der Waals surface area contributed by atoms with Crippen LogP contribution in [-0.4, -0.2) is 62.7 Å². The summed E-state index contributed by atoms with van der Waals surface area (Å²) in [6, 6.07) is 19.9. The molecule has 216 valence electrons. The molecule has 0 aliphatic carbocycles. The van der Waals surface area contributed by atoms with E-state index in [1.807, 2.05) is 56.0 Å². The first-order valence-corrected chi connectivity index (χ1v) is 15.0. The van der Waals surface area contributed by atoms with E-state index in [2.05, 4.69) is 16.3 Å². The standard InChI is InChI=1S/C33H33FN4O3S/c1-20-7-6-8-24(13-20)42-33(2,3)32(41)38-18-22-16-37(17-23(22)19-38)31(40)27-14-21(11-12-28(27)34)15-29-25-9-4-5-10-26(25)30(39)36-35-29/h4-14,22-23H,15-19H2,1-3H3,(H,36,39). The fourth-order valence-electron chi connectivity index (χ4n) is 6.24. The largest absolute Gasteiger partial charge is 0.341 e. The summed E-state index contributed by atoms with van der Waals surface area (Å²) in [6.07, 6.45) is 0.344. The van der Waals surface area contributed by atoms with Crippen molar-refractivity contribution in [3.8, 4) is 0 Å². The number of H-pyrrole nitrogens is 1. The van der Waals surface area contributed by atoms with Crippen molar-refractivity contribution >= 4 is 34.3 Å². The lowest BCUT2D eigenvalue weighted by molar-refractivity contribution is -0.132. The molecular weight excluding hydrogens is 551 g/mol. The van der Waals surface area contributed by atoms with Crippen molar-refractivity contribution < 1.29 is 14.0 Å². The van der Waals surface area contributed by atoms with Crippen LogP contribution in [0.15, 0.2) is 76.4 Å². The second-order valence-electron chi connectivity index (χ2n) is 11.9. The Balaban J connectivity index is 1.12. The molecule has 2 fully saturated rings. The number of aromatic amines is 1. The average Bonchev–Trinajstić information content (AvgIpc) is 3.54. The number of hydrogen-bond acceptors (Lipinski definition) is 5. The maximum absolute atomic E-state index is 14.9. The van der Waals surface area contributed by atoms with Crippen molar-refractivity contribution in [2.24, 2.45) is 11.8 Å². The van der Waals surface area contributed by atoms with Crippen LogP contribution in [0.4, 0.5) is 4.39 Å². The van der Waals surface area contributed by atoms with Gasteiger partial charge in [-0.3, -0.25) is 14.4 Å². The lowest BCUT2D eigenvalue weighted by atomic mass is 10.0. The van der Waals surface area contributed by atoms with Gasteiger partial charge in [0.05, 0.1) is 21.4 Å². The Hall–Kier alpha value is -3.98. The summed E-state index contributed by atoms with van der Waals surface area (Å²) in [5.41, 5.74) is 2.31. The molecule has 4 aromatic rings. The number of aromatic nitrogens is 2. The van der Waals surface area contributed by atoms with Gasteiger partial charge in [-0.25, -0.2) is 9.49 Å². The monoisotopic (exact) mass is 584 g/mol. The molecule has 42 heavy (non-hydrogen) atoms. The van der Waals surface area contributed by atoms with Crippen molar-refractivity contribution in [1.29, 1.82) is 0 Å². The molecule has 2 unspecified atom stereocenters. The number of likely N-dealkylation sites (tertiary alicyclic amines) is 2. The quantitative estimate of drug-likeness (QED) is 0.320. The number of nitrogens with zero attached hydrogens (tertiary/aromatic N) is 3. The molecule has 1 aromatic heterocycles. The zero-order valence-corrected chi connectivity index (χ0v) is 24.7. The zero-order valence-electron chi connectivity index (χ0n) is 23.9. The van der Waals surface area contributed by atoms with Gasteiger partial charge in [0, 0.05) is 54.7 Å². The van der Waals surface area contributed by atoms with Crippen LogP contribution in [0.1, 0.15) is 41.0 Å². The molecule has 2 saturated heterocycles. The van der Waals surface area contributed by atoms with E-state index in [1.54, 1.807) is 40.9 Å². The highest BCUT2D eigenvalue weighted by Crippen LogP contribution is 2.38.